The fourth-order valence-electron chi connectivity index (χ4n) is 4.91. The predicted octanol–water partition coefficient (Wildman–Crippen LogP) is 3.05. The standard InChI is InChI=1S/C25H35ClN5O/c1-29(16-20-12-14-31(2,15-13-20)19-21-8-4-3-5-9-21)25(32)24-18-30(28-27-24)17-22-10-6-7-11-23(22)26/h3-11,20,24,27-28H,12-19H2,1-2H3/q+1. The van der Waals surface area contributed by atoms with Crippen molar-refractivity contribution < 1.29 is 9.28 Å². The molecule has 2 N–H and O–H groups in total. The molecule has 0 saturated carbocycles. The molecule has 7 heteroatoms. The van der Waals surface area contributed by atoms with Gasteiger partial charge in [-0.25, -0.2) is 10.4 Å². The van der Waals surface area contributed by atoms with Crippen LogP contribution in [0.15, 0.2) is 54.6 Å². The first kappa shape index (κ1) is 23.2. The summed E-state index contributed by atoms with van der Waals surface area (Å²) >= 11 is 6.27. The first-order valence-corrected chi connectivity index (χ1v) is 11.9. The van der Waals surface area contributed by atoms with Gasteiger partial charge < -0.3 is 9.38 Å². The summed E-state index contributed by atoms with van der Waals surface area (Å²) in [5.74, 6) is 0.714. The van der Waals surface area contributed by atoms with Crippen LogP contribution in [0.2, 0.25) is 5.02 Å². The van der Waals surface area contributed by atoms with E-state index in [4.69, 9.17) is 11.6 Å². The lowest BCUT2D eigenvalue weighted by Gasteiger charge is -2.41. The Morgan fingerprint density at radius 3 is 2.53 bits per heavy atom. The van der Waals surface area contributed by atoms with E-state index in [9.17, 15) is 4.79 Å². The molecule has 6 nitrogen and oxygen atoms in total. The number of carbonyl (C=O) groups is 1. The average molecular weight is 457 g/mol. The van der Waals surface area contributed by atoms with E-state index in [0.29, 0.717) is 19.0 Å². The van der Waals surface area contributed by atoms with Crippen LogP contribution in [0.25, 0.3) is 0 Å². The fraction of sp³-hybridized carbons (Fsp3) is 0.480. The van der Waals surface area contributed by atoms with E-state index >= 15 is 0 Å². The van der Waals surface area contributed by atoms with Crippen molar-refractivity contribution in [2.24, 2.45) is 5.92 Å². The number of likely N-dealkylation sites (N-methyl/N-ethyl adjacent to an activating group) is 1. The highest BCUT2D eigenvalue weighted by Gasteiger charge is 2.34. The molecule has 0 bridgehead atoms. The van der Waals surface area contributed by atoms with Gasteiger partial charge >= 0.3 is 0 Å². The van der Waals surface area contributed by atoms with E-state index in [0.717, 1.165) is 54.1 Å². The first-order valence-electron chi connectivity index (χ1n) is 11.5. The summed E-state index contributed by atoms with van der Waals surface area (Å²) < 4.78 is 1.09. The maximum absolute atomic E-state index is 13.0. The minimum atomic E-state index is -0.245. The van der Waals surface area contributed by atoms with Gasteiger partial charge in [0.25, 0.3) is 0 Å². The molecule has 2 aromatic rings. The van der Waals surface area contributed by atoms with Gasteiger partial charge in [0.05, 0.1) is 20.1 Å². The third-order valence-corrected chi connectivity index (χ3v) is 7.26. The molecule has 2 aromatic carbocycles. The van der Waals surface area contributed by atoms with Gasteiger partial charge in [-0.1, -0.05) is 60.1 Å². The lowest BCUT2D eigenvalue weighted by Crippen LogP contribution is -2.51. The molecular weight excluding hydrogens is 422 g/mol. The number of halogens is 1. The van der Waals surface area contributed by atoms with E-state index < -0.39 is 0 Å². The molecule has 4 rings (SSSR count). The van der Waals surface area contributed by atoms with Crippen molar-refractivity contribution in [3.05, 3.63) is 70.7 Å². The quantitative estimate of drug-likeness (QED) is 0.629. The minimum absolute atomic E-state index is 0.145. The van der Waals surface area contributed by atoms with Gasteiger partial charge in [-0.05, 0) is 17.5 Å². The van der Waals surface area contributed by atoms with Crippen LogP contribution in [-0.2, 0) is 17.9 Å². The van der Waals surface area contributed by atoms with Crippen LogP contribution < -0.4 is 11.0 Å². The lowest BCUT2D eigenvalue weighted by atomic mass is 9.94. The number of piperidine rings is 1. The number of nitrogens with zero attached hydrogens (tertiary/aromatic N) is 3. The third kappa shape index (κ3) is 5.88. The second-order valence-corrected chi connectivity index (χ2v) is 10.1. The minimum Gasteiger partial charge on any atom is -0.344 e. The Bertz CT molecular complexity index is 900. The average Bonchev–Trinajstić information content (AvgIpc) is 3.25. The van der Waals surface area contributed by atoms with Crippen molar-refractivity contribution in [2.45, 2.75) is 32.0 Å². The molecule has 2 saturated heterocycles. The summed E-state index contributed by atoms with van der Waals surface area (Å²) in [5, 5.41) is 2.75. The molecule has 1 atom stereocenters. The number of hydrogen-bond donors (Lipinski definition) is 2. The van der Waals surface area contributed by atoms with Gasteiger partial charge in [0.15, 0.2) is 0 Å². The van der Waals surface area contributed by atoms with Crippen molar-refractivity contribution in [1.29, 1.82) is 0 Å². The molecule has 0 spiro atoms. The zero-order valence-electron chi connectivity index (χ0n) is 19.1. The lowest BCUT2D eigenvalue weighted by molar-refractivity contribution is -0.928. The highest BCUT2D eigenvalue weighted by Crippen LogP contribution is 2.25. The van der Waals surface area contributed by atoms with E-state index in [1.807, 2.05) is 41.2 Å². The maximum atomic E-state index is 13.0. The smallest absolute Gasteiger partial charge is 0.242 e. The Morgan fingerprint density at radius 1 is 1.12 bits per heavy atom. The van der Waals surface area contributed by atoms with Crippen LogP contribution in [0.5, 0.6) is 0 Å². The number of likely N-dealkylation sites (tertiary alicyclic amines) is 1. The van der Waals surface area contributed by atoms with E-state index in [2.05, 4.69) is 48.3 Å². The number of hydrogen-bond acceptors (Lipinski definition) is 4. The van der Waals surface area contributed by atoms with Crippen LogP contribution in [0, 0.1) is 5.92 Å². The SMILES string of the molecule is CN(CC1CC[N+](C)(Cc2ccccc2)CC1)C(=O)C1CN(Cc2ccccc2Cl)NN1. The molecule has 0 radical (unpaired) electrons. The molecule has 0 aromatic heterocycles. The number of nitrogens with one attached hydrogen (secondary N) is 2. The number of hydrazine groups is 2. The van der Waals surface area contributed by atoms with Gasteiger partial charge in [0, 0.05) is 50.1 Å². The number of rotatable bonds is 7. The Hall–Kier alpha value is -1.96. The van der Waals surface area contributed by atoms with E-state index in [1.54, 1.807) is 0 Å². The number of benzene rings is 2. The zero-order chi connectivity index (χ0) is 22.6. The summed E-state index contributed by atoms with van der Waals surface area (Å²) in [6.45, 7) is 5.51. The first-order chi connectivity index (χ1) is 15.4. The zero-order valence-corrected chi connectivity index (χ0v) is 19.9. The molecule has 2 aliphatic heterocycles. The molecule has 2 heterocycles. The van der Waals surface area contributed by atoms with Crippen molar-refractivity contribution in [2.75, 3.05) is 40.3 Å². The summed E-state index contributed by atoms with van der Waals surface area (Å²) in [6, 6.07) is 18.3. The molecule has 0 aliphatic carbocycles. The monoisotopic (exact) mass is 456 g/mol. The Kier molecular flexibility index (Phi) is 7.48. The number of amides is 1. The second kappa shape index (κ2) is 10.3. The maximum Gasteiger partial charge on any atom is 0.242 e. The largest absolute Gasteiger partial charge is 0.344 e. The van der Waals surface area contributed by atoms with Gasteiger partial charge in [-0.2, -0.15) is 5.53 Å². The molecule has 2 fully saturated rings. The summed E-state index contributed by atoms with van der Waals surface area (Å²) in [7, 11) is 4.30. The normalized spacial score (nSPS) is 26.2. The highest BCUT2D eigenvalue weighted by molar-refractivity contribution is 6.31. The second-order valence-electron chi connectivity index (χ2n) is 9.65. The van der Waals surface area contributed by atoms with Gasteiger partial charge in [0.1, 0.15) is 12.6 Å². The molecule has 1 unspecified atom stereocenters. The molecule has 32 heavy (non-hydrogen) atoms. The van der Waals surface area contributed by atoms with E-state index in [-0.39, 0.29) is 11.9 Å². The van der Waals surface area contributed by atoms with Crippen molar-refractivity contribution in [3.63, 3.8) is 0 Å². The van der Waals surface area contributed by atoms with Crippen molar-refractivity contribution in [3.8, 4) is 0 Å². The van der Waals surface area contributed by atoms with E-state index in [1.165, 1.54) is 5.56 Å². The Labute approximate surface area is 196 Å². The molecule has 2 aliphatic rings. The van der Waals surface area contributed by atoms with Gasteiger partial charge in [0.2, 0.25) is 5.91 Å². The summed E-state index contributed by atoms with van der Waals surface area (Å²) in [4.78, 5) is 14.9. The Morgan fingerprint density at radius 2 is 1.81 bits per heavy atom. The number of quaternary nitrogens is 1. The molecule has 1 amide bonds. The van der Waals surface area contributed by atoms with Gasteiger partial charge in [-0.15, -0.1) is 0 Å². The predicted molar refractivity (Wildman–Crippen MR) is 128 cm³/mol. The van der Waals surface area contributed by atoms with Crippen LogP contribution in [0.3, 0.4) is 0 Å². The van der Waals surface area contributed by atoms with Crippen molar-refractivity contribution >= 4 is 17.5 Å². The van der Waals surface area contributed by atoms with Gasteiger partial charge in [-0.3, -0.25) is 4.79 Å². The van der Waals surface area contributed by atoms with Crippen molar-refractivity contribution in [1.82, 2.24) is 20.9 Å². The Balaban J connectivity index is 1.23. The van der Waals surface area contributed by atoms with Crippen LogP contribution >= 0.6 is 11.6 Å². The number of carbonyl (C=O) groups excluding carboxylic acids is 1. The fourth-order valence-corrected chi connectivity index (χ4v) is 5.11. The highest BCUT2D eigenvalue weighted by atomic mass is 35.5. The third-order valence-electron chi connectivity index (χ3n) is 6.89. The molecule has 172 valence electrons. The summed E-state index contributed by atoms with van der Waals surface area (Å²) in [6.07, 6.45) is 2.33. The molecular formula is C25H35ClN5O+. The topological polar surface area (TPSA) is 47.6 Å². The van der Waals surface area contributed by atoms with Crippen LogP contribution in [0.4, 0.5) is 0 Å². The van der Waals surface area contributed by atoms with Crippen LogP contribution in [0.1, 0.15) is 24.0 Å². The van der Waals surface area contributed by atoms with Crippen LogP contribution in [-0.4, -0.2) is 66.6 Å². The summed E-state index contributed by atoms with van der Waals surface area (Å²) in [5.41, 5.74) is 8.72.